The van der Waals surface area contributed by atoms with Gasteiger partial charge >= 0.3 is 5.97 Å². The summed E-state index contributed by atoms with van der Waals surface area (Å²) in [5.74, 6) is 0.876. The first-order valence-electron chi connectivity index (χ1n) is 13.4. The van der Waals surface area contributed by atoms with Gasteiger partial charge in [0.2, 0.25) is 0 Å². The van der Waals surface area contributed by atoms with Crippen molar-refractivity contribution < 1.29 is 9.53 Å². The molecule has 0 saturated heterocycles. The summed E-state index contributed by atoms with van der Waals surface area (Å²) in [6, 6.07) is 15.2. The number of carbonyl (C=O) groups excluding carboxylic acids is 1. The van der Waals surface area contributed by atoms with E-state index in [4.69, 9.17) is 4.74 Å². The number of ether oxygens (including phenoxy) is 1. The predicted molar refractivity (Wildman–Crippen MR) is 144 cm³/mol. The van der Waals surface area contributed by atoms with Crippen LogP contribution >= 0.6 is 0 Å². The van der Waals surface area contributed by atoms with Gasteiger partial charge in [-0.05, 0) is 73.2 Å². The van der Waals surface area contributed by atoms with Gasteiger partial charge < -0.3 is 4.74 Å². The van der Waals surface area contributed by atoms with Crippen LogP contribution in [0.4, 0.5) is 0 Å². The van der Waals surface area contributed by atoms with Crippen LogP contribution in [0.2, 0.25) is 0 Å². The maximum Gasteiger partial charge on any atom is 0.343 e. The molecular formula is C31H40N2O2. The quantitative estimate of drug-likeness (QED) is 0.127. The van der Waals surface area contributed by atoms with Crippen molar-refractivity contribution >= 4 is 5.97 Å². The molecule has 0 fully saturated rings. The lowest BCUT2D eigenvalue weighted by Crippen LogP contribution is -2.08. The molecule has 3 aromatic rings. The van der Waals surface area contributed by atoms with Crippen LogP contribution in [0.15, 0.2) is 60.9 Å². The van der Waals surface area contributed by atoms with Gasteiger partial charge in [-0.1, -0.05) is 77.3 Å². The van der Waals surface area contributed by atoms with Gasteiger partial charge in [0.15, 0.2) is 5.82 Å². The van der Waals surface area contributed by atoms with Gasteiger partial charge in [-0.25, -0.2) is 14.8 Å². The average Bonchev–Trinajstić information content (AvgIpc) is 2.90. The minimum atomic E-state index is -0.330. The topological polar surface area (TPSA) is 52.1 Å². The van der Waals surface area contributed by atoms with E-state index in [2.05, 4.69) is 29.9 Å². The summed E-state index contributed by atoms with van der Waals surface area (Å²) in [4.78, 5) is 21.7. The second kappa shape index (κ2) is 15.1. The van der Waals surface area contributed by atoms with Crippen molar-refractivity contribution in [3.63, 3.8) is 0 Å². The first-order valence-corrected chi connectivity index (χ1v) is 13.4. The fourth-order valence-electron chi connectivity index (χ4n) is 4.19. The SMILES string of the molecule is CCCCCCCCc1cnc(-c2ccc(OC(=O)c3cccc(CCCCCC)c3)cc2)nc1. The molecule has 1 aromatic heterocycles. The normalized spacial score (nSPS) is 10.9. The highest BCUT2D eigenvalue weighted by molar-refractivity contribution is 5.91. The minimum Gasteiger partial charge on any atom is -0.423 e. The van der Waals surface area contributed by atoms with Crippen LogP contribution in [0.1, 0.15) is 99.5 Å². The van der Waals surface area contributed by atoms with Crippen LogP contribution < -0.4 is 4.74 Å². The van der Waals surface area contributed by atoms with Crippen LogP contribution in [0, 0.1) is 0 Å². The molecule has 0 bridgehead atoms. The molecule has 0 amide bonds. The molecule has 0 radical (unpaired) electrons. The van der Waals surface area contributed by atoms with E-state index in [1.165, 1.54) is 68.9 Å². The average molecular weight is 473 g/mol. The maximum atomic E-state index is 12.6. The monoisotopic (exact) mass is 472 g/mol. The van der Waals surface area contributed by atoms with Crippen molar-refractivity contribution in [1.29, 1.82) is 0 Å². The Balaban J connectivity index is 1.49. The third-order valence-corrected chi connectivity index (χ3v) is 6.33. The zero-order chi connectivity index (χ0) is 24.7. The van der Waals surface area contributed by atoms with Gasteiger partial charge in [0.1, 0.15) is 5.75 Å². The van der Waals surface area contributed by atoms with Crippen LogP contribution in [0.25, 0.3) is 11.4 Å². The van der Waals surface area contributed by atoms with Crippen molar-refractivity contribution in [2.75, 3.05) is 0 Å². The Kier molecular flexibility index (Phi) is 11.5. The summed E-state index contributed by atoms with van der Waals surface area (Å²) in [7, 11) is 0. The highest BCUT2D eigenvalue weighted by Gasteiger charge is 2.10. The van der Waals surface area contributed by atoms with E-state index in [1.54, 1.807) is 12.1 Å². The van der Waals surface area contributed by atoms with Gasteiger partial charge in [-0.3, -0.25) is 0 Å². The molecule has 0 atom stereocenters. The second-order valence-corrected chi connectivity index (χ2v) is 9.36. The molecule has 0 saturated carbocycles. The number of rotatable bonds is 15. The molecule has 1 heterocycles. The van der Waals surface area contributed by atoms with Crippen LogP contribution in [-0.4, -0.2) is 15.9 Å². The summed E-state index contributed by atoms with van der Waals surface area (Å²) >= 11 is 0. The number of aromatic nitrogens is 2. The first-order chi connectivity index (χ1) is 17.2. The summed E-state index contributed by atoms with van der Waals surface area (Å²) in [6.45, 7) is 4.46. The van der Waals surface area contributed by atoms with E-state index in [9.17, 15) is 4.79 Å². The Labute approximate surface area is 211 Å². The highest BCUT2D eigenvalue weighted by atomic mass is 16.5. The zero-order valence-electron chi connectivity index (χ0n) is 21.5. The van der Waals surface area contributed by atoms with E-state index in [1.807, 2.05) is 42.7 Å². The molecule has 0 aliphatic carbocycles. The van der Waals surface area contributed by atoms with Crippen molar-refractivity contribution in [2.45, 2.75) is 90.9 Å². The van der Waals surface area contributed by atoms with Crippen molar-refractivity contribution in [2.24, 2.45) is 0 Å². The Morgan fingerprint density at radius 2 is 1.31 bits per heavy atom. The molecule has 0 N–H and O–H groups in total. The van der Waals surface area contributed by atoms with Crippen molar-refractivity contribution in [3.05, 3.63) is 77.6 Å². The Hall–Kier alpha value is -3.01. The molecule has 0 aliphatic rings. The number of hydrogen-bond acceptors (Lipinski definition) is 4. The fourth-order valence-corrected chi connectivity index (χ4v) is 4.19. The molecule has 0 aliphatic heterocycles. The molecule has 3 rings (SSSR count). The lowest BCUT2D eigenvalue weighted by molar-refractivity contribution is 0.0734. The minimum absolute atomic E-state index is 0.330. The van der Waals surface area contributed by atoms with E-state index in [0.29, 0.717) is 17.1 Å². The predicted octanol–water partition coefficient (Wildman–Crippen LogP) is 8.39. The fraction of sp³-hybridized carbons (Fsp3) is 0.452. The van der Waals surface area contributed by atoms with Gasteiger partial charge in [-0.15, -0.1) is 0 Å². The highest BCUT2D eigenvalue weighted by Crippen LogP contribution is 2.21. The molecule has 0 spiro atoms. The smallest absolute Gasteiger partial charge is 0.343 e. The Morgan fingerprint density at radius 1 is 0.714 bits per heavy atom. The first kappa shape index (κ1) is 26.6. The molecule has 186 valence electrons. The number of esters is 1. The van der Waals surface area contributed by atoms with Crippen LogP contribution in [-0.2, 0) is 12.8 Å². The largest absolute Gasteiger partial charge is 0.423 e. The summed E-state index contributed by atoms with van der Waals surface area (Å²) in [5, 5.41) is 0. The maximum absolute atomic E-state index is 12.6. The number of nitrogens with zero attached hydrogens (tertiary/aromatic N) is 2. The summed E-state index contributed by atoms with van der Waals surface area (Å²) in [6.07, 6.45) is 18.5. The van der Waals surface area contributed by atoms with Gasteiger partial charge in [-0.2, -0.15) is 0 Å². The number of carbonyl (C=O) groups is 1. The van der Waals surface area contributed by atoms with Crippen LogP contribution in [0.3, 0.4) is 0 Å². The van der Waals surface area contributed by atoms with Crippen molar-refractivity contribution in [1.82, 2.24) is 9.97 Å². The number of aryl methyl sites for hydroxylation is 2. The molecular weight excluding hydrogens is 432 g/mol. The third-order valence-electron chi connectivity index (χ3n) is 6.33. The van der Waals surface area contributed by atoms with Crippen molar-refractivity contribution in [3.8, 4) is 17.1 Å². The third kappa shape index (κ3) is 9.28. The molecule has 0 unspecified atom stereocenters. The summed E-state index contributed by atoms with van der Waals surface area (Å²) in [5.41, 5.74) is 3.86. The lowest BCUT2D eigenvalue weighted by Gasteiger charge is -2.08. The number of unbranched alkanes of at least 4 members (excludes halogenated alkanes) is 8. The number of hydrogen-bond donors (Lipinski definition) is 0. The molecule has 4 heteroatoms. The zero-order valence-corrected chi connectivity index (χ0v) is 21.5. The summed E-state index contributed by atoms with van der Waals surface area (Å²) < 4.78 is 5.61. The van der Waals surface area contributed by atoms with E-state index in [0.717, 1.165) is 24.8 Å². The van der Waals surface area contributed by atoms with E-state index >= 15 is 0 Å². The van der Waals surface area contributed by atoms with Gasteiger partial charge in [0.25, 0.3) is 0 Å². The standard InChI is InChI=1S/C31H40N2O2/c1-3-5-7-9-10-12-15-26-23-32-30(33-24-26)27-18-20-29(21-19-27)35-31(34)28-17-13-16-25(22-28)14-11-8-6-4-2/h13,16-24H,3-12,14-15H2,1-2H3. The van der Waals surface area contributed by atoms with Crippen LogP contribution in [0.5, 0.6) is 5.75 Å². The lowest BCUT2D eigenvalue weighted by atomic mass is 10.0. The second-order valence-electron chi connectivity index (χ2n) is 9.36. The van der Waals surface area contributed by atoms with E-state index < -0.39 is 0 Å². The Morgan fingerprint density at radius 3 is 2.00 bits per heavy atom. The number of benzene rings is 2. The van der Waals surface area contributed by atoms with E-state index in [-0.39, 0.29) is 5.97 Å². The molecule has 35 heavy (non-hydrogen) atoms. The molecule has 2 aromatic carbocycles. The Bertz CT molecular complexity index is 1010. The van der Waals surface area contributed by atoms with Gasteiger partial charge in [0.05, 0.1) is 5.56 Å². The van der Waals surface area contributed by atoms with Gasteiger partial charge in [0, 0.05) is 18.0 Å². The molecule has 4 nitrogen and oxygen atoms in total.